The van der Waals surface area contributed by atoms with Gasteiger partial charge in [-0.2, -0.15) is 0 Å². The summed E-state index contributed by atoms with van der Waals surface area (Å²) in [6, 6.07) is 8.98. The first kappa shape index (κ1) is 19.1. The average molecular weight is 400 g/mol. The lowest BCUT2D eigenvalue weighted by molar-refractivity contribution is -0.204. The Hall–Kier alpha value is -3.20. The molecule has 4 rings (SSSR count). The van der Waals surface area contributed by atoms with Gasteiger partial charge in [-0.1, -0.05) is 42.5 Å². The molecule has 5 atom stereocenters. The maximum absolute atomic E-state index is 12.5. The molecule has 1 aromatic rings. The van der Waals surface area contributed by atoms with E-state index in [1.54, 1.807) is 24.3 Å². The number of alkyl carbamates (subject to hydrolysis) is 1. The minimum Gasteiger partial charge on any atom is -0.445 e. The predicted octanol–water partition coefficient (Wildman–Crippen LogP) is 0.539. The predicted molar refractivity (Wildman–Crippen MR) is 96.3 cm³/mol. The number of benzene rings is 1. The monoisotopic (exact) mass is 400 g/mol. The highest BCUT2D eigenvalue weighted by Gasteiger charge is 2.61. The quantitative estimate of drug-likeness (QED) is 0.528. The SMILES string of the molecule is O=C(NCC(O)C(=O)ON1C(=O)C2C3C=CC(C3)C2C1=O)OCc1ccccc1. The molecule has 152 valence electrons. The van der Waals surface area contributed by atoms with Gasteiger partial charge in [-0.25, -0.2) is 9.59 Å². The zero-order chi connectivity index (χ0) is 20.5. The molecule has 2 fully saturated rings. The topological polar surface area (TPSA) is 122 Å². The number of amides is 3. The lowest BCUT2D eigenvalue weighted by atomic mass is 9.85. The number of allylic oxidation sites excluding steroid dienone is 2. The second kappa shape index (κ2) is 7.67. The first-order valence-corrected chi connectivity index (χ1v) is 9.36. The summed E-state index contributed by atoms with van der Waals surface area (Å²) in [5.41, 5.74) is 0.780. The van der Waals surface area contributed by atoms with Crippen molar-refractivity contribution in [1.29, 1.82) is 0 Å². The molecule has 0 radical (unpaired) electrons. The smallest absolute Gasteiger partial charge is 0.407 e. The highest BCUT2D eigenvalue weighted by atomic mass is 16.7. The molecule has 9 heteroatoms. The number of fused-ring (bicyclic) bond motifs is 5. The maximum atomic E-state index is 12.5. The first-order chi connectivity index (χ1) is 14.0. The molecule has 5 unspecified atom stereocenters. The molecule has 1 heterocycles. The number of nitrogens with zero attached hydrogens (tertiary/aromatic N) is 1. The number of aliphatic hydroxyl groups is 1. The van der Waals surface area contributed by atoms with Crippen molar-refractivity contribution in [1.82, 2.24) is 10.4 Å². The largest absolute Gasteiger partial charge is 0.445 e. The van der Waals surface area contributed by atoms with Crippen LogP contribution in [-0.4, -0.2) is 46.7 Å². The van der Waals surface area contributed by atoms with Crippen LogP contribution in [-0.2, 0) is 30.6 Å². The second-order valence-corrected chi connectivity index (χ2v) is 7.34. The Balaban J connectivity index is 1.24. The lowest BCUT2D eigenvalue weighted by Gasteiger charge is -2.18. The van der Waals surface area contributed by atoms with Gasteiger partial charge in [0.1, 0.15) is 6.61 Å². The number of rotatable bonds is 6. The normalized spacial score (nSPS) is 27.7. The fourth-order valence-electron chi connectivity index (χ4n) is 4.15. The van der Waals surface area contributed by atoms with Gasteiger partial charge in [0.05, 0.1) is 18.4 Å². The summed E-state index contributed by atoms with van der Waals surface area (Å²) in [6.45, 7) is -0.453. The Bertz CT molecular complexity index is 839. The Morgan fingerprint density at radius 1 is 1.10 bits per heavy atom. The van der Waals surface area contributed by atoms with Crippen LogP contribution in [0.15, 0.2) is 42.5 Å². The van der Waals surface area contributed by atoms with Gasteiger partial charge in [-0.15, -0.1) is 5.06 Å². The minimum atomic E-state index is -1.75. The van der Waals surface area contributed by atoms with E-state index in [1.165, 1.54) is 0 Å². The van der Waals surface area contributed by atoms with E-state index in [0.29, 0.717) is 5.06 Å². The third-order valence-electron chi connectivity index (χ3n) is 5.54. The van der Waals surface area contributed by atoms with Crippen LogP contribution in [0.2, 0.25) is 0 Å². The van der Waals surface area contributed by atoms with Crippen LogP contribution in [0.25, 0.3) is 0 Å². The first-order valence-electron chi connectivity index (χ1n) is 9.36. The third kappa shape index (κ3) is 3.61. The van der Waals surface area contributed by atoms with Crippen molar-refractivity contribution in [3.8, 4) is 0 Å². The number of ether oxygens (including phenoxy) is 1. The highest BCUT2D eigenvalue weighted by molar-refractivity contribution is 6.06. The zero-order valence-corrected chi connectivity index (χ0v) is 15.4. The fraction of sp³-hybridized carbons (Fsp3) is 0.400. The van der Waals surface area contributed by atoms with Gasteiger partial charge >= 0.3 is 12.1 Å². The van der Waals surface area contributed by atoms with Gasteiger partial charge in [0, 0.05) is 0 Å². The summed E-state index contributed by atoms with van der Waals surface area (Å²) in [5.74, 6) is -3.37. The van der Waals surface area contributed by atoms with Gasteiger partial charge in [-0.3, -0.25) is 9.59 Å². The molecule has 2 aliphatic carbocycles. The van der Waals surface area contributed by atoms with E-state index in [9.17, 15) is 24.3 Å². The molecule has 1 saturated carbocycles. The number of carbonyl (C=O) groups is 4. The number of aliphatic hydroxyl groups excluding tert-OH is 1. The van der Waals surface area contributed by atoms with Crippen molar-refractivity contribution in [2.45, 2.75) is 19.1 Å². The number of hydrogen-bond donors (Lipinski definition) is 2. The van der Waals surface area contributed by atoms with Gasteiger partial charge in [0.15, 0.2) is 6.10 Å². The number of imide groups is 1. The van der Waals surface area contributed by atoms with E-state index in [4.69, 9.17) is 9.57 Å². The van der Waals surface area contributed by atoms with Crippen molar-refractivity contribution in [2.24, 2.45) is 23.7 Å². The zero-order valence-electron chi connectivity index (χ0n) is 15.4. The Morgan fingerprint density at radius 2 is 1.72 bits per heavy atom. The van der Waals surface area contributed by atoms with Gasteiger partial charge in [0.25, 0.3) is 11.8 Å². The molecular weight excluding hydrogens is 380 g/mol. The second-order valence-electron chi connectivity index (χ2n) is 7.34. The van der Waals surface area contributed by atoms with Crippen LogP contribution in [0.4, 0.5) is 4.79 Å². The van der Waals surface area contributed by atoms with Crippen LogP contribution < -0.4 is 5.32 Å². The molecule has 0 aromatic heterocycles. The lowest BCUT2D eigenvalue weighted by Crippen LogP contribution is -2.43. The molecule has 1 aliphatic heterocycles. The summed E-state index contributed by atoms with van der Waals surface area (Å²) in [6.07, 6.45) is 2.01. The van der Waals surface area contributed by atoms with Crippen LogP contribution in [0, 0.1) is 23.7 Å². The van der Waals surface area contributed by atoms with Crippen LogP contribution >= 0.6 is 0 Å². The number of carbonyl (C=O) groups excluding carboxylic acids is 4. The van der Waals surface area contributed by atoms with E-state index in [2.05, 4.69) is 5.32 Å². The molecule has 3 amide bonds. The number of nitrogens with one attached hydrogen (secondary N) is 1. The van der Waals surface area contributed by atoms with E-state index in [0.717, 1.165) is 12.0 Å². The van der Waals surface area contributed by atoms with Gasteiger partial charge in [0.2, 0.25) is 0 Å². The highest BCUT2D eigenvalue weighted by Crippen LogP contribution is 2.52. The maximum Gasteiger partial charge on any atom is 0.407 e. The Kier molecular flexibility index (Phi) is 5.06. The summed E-state index contributed by atoms with van der Waals surface area (Å²) < 4.78 is 4.97. The number of hydroxylamine groups is 2. The van der Waals surface area contributed by atoms with Crippen molar-refractivity contribution in [2.75, 3.05) is 6.54 Å². The molecule has 9 nitrogen and oxygen atoms in total. The van der Waals surface area contributed by atoms with Crippen molar-refractivity contribution in [3.05, 3.63) is 48.0 Å². The molecule has 3 aliphatic rings. The van der Waals surface area contributed by atoms with Crippen molar-refractivity contribution in [3.63, 3.8) is 0 Å². The molecule has 1 aromatic carbocycles. The average Bonchev–Trinajstić information content (AvgIpc) is 3.41. The number of hydrogen-bond acceptors (Lipinski definition) is 7. The molecule has 2 N–H and O–H groups in total. The van der Waals surface area contributed by atoms with Gasteiger partial charge < -0.3 is 20.0 Å². The molecule has 2 bridgehead atoms. The minimum absolute atomic E-state index is 0.0175. The van der Waals surface area contributed by atoms with Gasteiger partial charge in [-0.05, 0) is 23.8 Å². The third-order valence-corrected chi connectivity index (χ3v) is 5.54. The molecule has 1 saturated heterocycles. The van der Waals surface area contributed by atoms with E-state index in [1.807, 2.05) is 18.2 Å². The van der Waals surface area contributed by atoms with Crippen LogP contribution in [0.1, 0.15) is 12.0 Å². The van der Waals surface area contributed by atoms with Crippen molar-refractivity contribution < 1.29 is 33.9 Å². The van der Waals surface area contributed by atoms with E-state index in [-0.39, 0.29) is 18.4 Å². The molecule has 0 spiro atoms. The fourth-order valence-corrected chi connectivity index (χ4v) is 4.15. The standard InChI is InChI=1S/C20H20N2O7/c23-14(9-21-20(27)28-10-11-4-2-1-3-5-11)19(26)29-22-17(24)15-12-6-7-13(8-12)16(15)18(22)25/h1-7,12-16,23H,8-10H2,(H,21,27). The Morgan fingerprint density at radius 3 is 2.34 bits per heavy atom. The van der Waals surface area contributed by atoms with E-state index < -0.39 is 48.4 Å². The summed E-state index contributed by atoms with van der Waals surface area (Å²) >= 11 is 0. The van der Waals surface area contributed by atoms with E-state index >= 15 is 0 Å². The van der Waals surface area contributed by atoms with Crippen molar-refractivity contribution >= 4 is 23.9 Å². The molecule has 29 heavy (non-hydrogen) atoms. The summed E-state index contributed by atoms with van der Waals surface area (Å²) in [4.78, 5) is 53.5. The summed E-state index contributed by atoms with van der Waals surface area (Å²) in [7, 11) is 0. The van der Waals surface area contributed by atoms with Crippen LogP contribution in [0.5, 0.6) is 0 Å². The molecular formula is C20H20N2O7. The van der Waals surface area contributed by atoms with Crippen LogP contribution in [0.3, 0.4) is 0 Å². The Labute approximate surface area is 166 Å². The summed E-state index contributed by atoms with van der Waals surface area (Å²) in [5, 5.41) is 12.6.